The minimum atomic E-state index is -0.142. The van der Waals surface area contributed by atoms with Crippen molar-refractivity contribution in [3.63, 3.8) is 0 Å². The Hall–Kier alpha value is 0.543. The van der Waals surface area contributed by atoms with Gasteiger partial charge in [0, 0.05) is 0 Å². The maximum absolute atomic E-state index is 2.42. The summed E-state index contributed by atoms with van der Waals surface area (Å²) < 4.78 is 2.24. The first kappa shape index (κ1) is 9.54. The molecule has 0 aliphatic rings. The van der Waals surface area contributed by atoms with E-state index in [2.05, 4.69) is 27.7 Å². The molecule has 0 N–H and O–H groups in total. The molecule has 0 aliphatic heterocycles. The molecule has 0 aromatic rings. The summed E-state index contributed by atoms with van der Waals surface area (Å²) in [5.74, 6) is 0. The van der Waals surface area contributed by atoms with Crippen LogP contribution in [-0.4, -0.2) is 15.4 Å². The van der Waals surface area contributed by atoms with Gasteiger partial charge in [-0.3, -0.25) is 0 Å². The van der Waals surface area contributed by atoms with Crippen molar-refractivity contribution in [2.45, 2.75) is 50.0 Å². The van der Waals surface area contributed by atoms with Gasteiger partial charge in [-0.25, -0.2) is 0 Å². The van der Waals surface area contributed by atoms with Crippen LogP contribution < -0.4 is 0 Å². The topological polar surface area (TPSA) is 0 Å². The van der Waals surface area contributed by atoms with Crippen molar-refractivity contribution < 1.29 is 0 Å². The Morgan fingerprint density at radius 1 is 1.00 bits per heavy atom. The second-order valence-electron chi connectivity index (χ2n) is 3.26. The molecule has 0 spiro atoms. The monoisotopic (exact) mass is 190 g/mol. The van der Waals surface area contributed by atoms with Crippen molar-refractivity contribution in [1.82, 2.24) is 0 Å². The van der Waals surface area contributed by atoms with E-state index >= 15 is 0 Å². The van der Waals surface area contributed by atoms with E-state index in [4.69, 9.17) is 0 Å². The zero-order valence-electron chi connectivity index (χ0n) is 7.28. The molecule has 0 heterocycles. The summed E-state index contributed by atoms with van der Waals surface area (Å²) in [5.41, 5.74) is 0. The Bertz CT molecular complexity index is 53.6. The summed E-state index contributed by atoms with van der Waals surface area (Å²) in [6, 6.07) is 0. The van der Waals surface area contributed by atoms with E-state index in [1.165, 1.54) is 12.8 Å². The van der Waals surface area contributed by atoms with E-state index in [1.54, 1.807) is 0 Å². The molecule has 0 rings (SSSR count). The Balaban J connectivity index is 3.22. The van der Waals surface area contributed by atoms with Crippen LogP contribution in [0.2, 0.25) is 9.50 Å². The van der Waals surface area contributed by atoms with Crippen LogP contribution in [0.4, 0.5) is 0 Å². The molecule has 56 valence electrons. The predicted molar refractivity (Wildman–Crippen MR) is 48.0 cm³/mol. The Morgan fingerprint density at radius 2 is 1.33 bits per heavy atom. The molecule has 0 aromatic carbocycles. The van der Waals surface area contributed by atoms with Gasteiger partial charge in [-0.15, -0.1) is 0 Å². The van der Waals surface area contributed by atoms with Crippen molar-refractivity contribution >= 4 is 15.4 Å². The zero-order valence-corrected chi connectivity index (χ0v) is 10.2. The van der Waals surface area contributed by atoms with E-state index in [1.807, 2.05) is 0 Å². The molecular weight excluding hydrogens is 169 g/mol. The molecule has 0 bridgehead atoms. The van der Waals surface area contributed by atoms with Gasteiger partial charge in [-0.05, 0) is 0 Å². The van der Waals surface area contributed by atoms with Crippen LogP contribution in [0.3, 0.4) is 0 Å². The normalized spacial score (nSPS) is 18.7. The van der Waals surface area contributed by atoms with Crippen molar-refractivity contribution in [3.05, 3.63) is 0 Å². The summed E-state index contributed by atoms with van der Waals surface area (Å²) in [6.07, 6.45) is 2.84. The molecule has 1 heteroatoms. The molecule has 0 radical (unpaired) electrons. The third-order valence-electron chi connectivity index (χ3n) is 2.20. The van der Waals surface area contributed by atoms with Gasteiger partial charge in [0.15, 0.2) is 0 Å². The summed E-state index contributed by atoms with van der Waals surface area (Å²) in [5, 5.41) is 0. The SMILES string of the molecule is CC[CH](C)[GeH2][CH](C)CC. The average molecular weight is 189 g/mol. The molecule has 0 saturated heterocycles. The van der Waals surface area contributed by atoms with E-state index in [-0.39, 0.29) is 15.4 Å². The van der Waals surface area contributed by atoms with E-state index in [0.29, 0.717) is 0 Å². The van der Waals surface area contributed by atoms with Crippen LogP contribution in [0.25, 0.3) is 0 Å². The fourth-order valence-corrected chi connectivity index (χ4v) is 5.30. The van der Waals surface area contributed by atoms with Crippen LogP contribution in [0, 0.1) is 0 Å². The first-order valence-corrected chi connectivity index (χ1v) is 7.63. The maximum atomic E-state index is 2.42. The molecule has 0 aromatic heterocycles. The molecule has 0 saturated carbocycles. The van der Waals surface area contributed by atoms with E-state index in [9.17, 15) is 0 Å². The third-order valence-corrected chi connectivity index (χ3v) is 8.00. The quantitative estimate of drug-likeness (QED) is 0.596. The van der Waals surface area contributed by atoms with Crippen molar-refractivity contribution in [1.29, 1.82) is 0 Å². The van der Waals surface area contributed by atoms with Gasteiger partial charge in [0.25, 0.3) is 0 Å². The summed E-state index contributed by atoms with van der Waals surface area (Å²) in [4.78, 5) is 0. The number of rotatable bonds is 4. The van der Waals surface area contributed by atoms with E-state index < -0.39 is 0 Å². The van der Waals surface area contributed by atoms with Gasteiger partial charge in [0.2, 0.25) is 0 Å². The fourth-order valence-electron chi connectivity index (χ4n) is 1.02. The molecular formula is C8H20Ge. The molecule has 0 amide bonds. The average Bonchev–Trinajstić information content (AvgIpc) is 1.87. The van der Waals surface area contributed by atoms with Crippen molar-refractivity contribution in [2.24, 2.45) is 0 Å². The van der Waals surface area contributed by atoms with Gasteiger partial charge in [-0.2, -0.15) is 0 Å². The van der Waals surface area contributed by atoms with E-state index in [0.717, 1.165) is 9.50 Å². The standard InChI is InChI=1S/C8H20Ge/c1-5-7(3)9-8(4)6-2/h7-8H,5-6,9H2,1-4H3. The second-order valence-corrected chi connectivity index (χ2v) is 10.1. The Kier molecular flexibility index (Phi) is 5.66. The molecule has 2 unspecified atom stereocenters. The summed E-state index contributed by atoms with van der Waals surface area (Å²) >= 11 is -0.142. The summed E-state index contributed by atoms with van der Waals surface area (Å²) in [7, 11) is 0. The van der Waals surface area contributed by atoms with Crippen LogP contribution in [0.5, 0.6) is 0 Å². The molecule has 0 fully saturated rings. The number of hydrogen-bond donors (Lipinski definition) is 0. The van der Waals surface area contributed by atoms with Crippen LogP contribution in [-0.2, 0) is 0 Å². The molecule has 2 atom stereocenters. The molecule has 0 nitrogen and oxygen atoms in total. The fraction of sp³-hybridized carbons (Fsp3) is 1.00. The van der Waals surface area contributed by atoms with Crippen LogP contribution >= 0.6 is 0 Å². The predicted octanol–water partition coefficient (Wildman–Crippen LogP) is 2.59. The first-order chi connectivity index (χ1) is 4.20. The van der Waals surface area contributed by atoms with Gasteiger partial charge >= 0.3 is 65.5 Å². The summed E-state index contributed by atoms with van der Waals surface area (Å²) in [6.45, 7) is 9.48. The minimum absolute atomic E-state index is 0.142. The number of hydrogen-bond acceptors (Lipinski definition) is 0. The Morgan fingerprint density at radius 3 is 1.56 bits per heavy atom. The van der Waals surface area contributed by atoms with Gasteiger partial charge in [0.1, 0.15) is 0 Å². The van der Waals surface area contributed by atoms with Gasteiger partial charge in [-0.1, -0.05) is 0 Å². The molecule has 0 aliphatic carbocycles. The van der Waals surface area contributed by atoms with Crippen LogP contribution in [0.1, 0.15) is 40.5 Å². The molecule has 9 heavy (non-hydrogen) atoms. The van der Waals surface area contributed by atoms with Gasteiger partial charge < -0.3 is 0 Å². The van der Waals surface area contributed by atoms with Gasteiger partial charge in [0.05, 0.1) is 0 Å². The van der Waals surface area contributed by atoms with Crippen LogP contribution in [0.15, 0.2) is 0 Å². The first-order valence-electron chi connectivity index (χ1n) is 4.20. The zero-order chi connectivity index (χ0) is 7.28. The second kappa shape index (κ2) is 5.34. The third kappa shape index (κ3) is 5.01. The van der Waals surface area contributed by atoms with Crippen molar-refractivity contribution in [2.75, 3.05) is 0 Å². The Labute approximate surface area is 65.9 Å². The van der Waals surface area contributed by atoms with Crippen molar-refractivity contribution in [3.8, 4) is 0 Å².